The number of halogens is 2. The van der Waals surface area contributed by atoms with Crippen molar-refractivity contribution in [1.29, 1.82) is 0 Å². The van der Waals surface area contributed by atoms with Gasteiger partial charge in [0.25, 0.3) is 6.43 Å². The summed E-state index contributed by atoms with van der Waals surface area (Å²) in [6.45, 7) is 4.09. The van der Waals surface area contributed by atoms with Crippen molar-refractivity contribution >= 4 is 0 Å². The third-order valence-electron chi connectivity index (χ3n) is 3.40. The second kappa shape index (κ2) is 4.56. The summed E-state index contributed by atoms with van der Waals surface area (Å²) in [5, 5.41) is 9.80. The zero-order valence-corrected chi connectivity index (χ0v) is 8.97. The molecule has 0 bridgehead atoms. The van der Waals surface area contributed by atoms with Crippen molar-refractivity contribution < 1.29 is 13.9 Å². The highest BCUT2D eigenvalue weighted by atomic mass is 19.3. The molecule has 0 aromatic rings. The Bertz CT molecular complexity index is 182. The van der Waals surface area contributed by atoms with Crippen LogP contribution in [0.1, 0.15) is 46.0 Å². The molecule has 14 heavy (non-hydrogen) atoms. The summed E-state index contributed by atoms with van der Waals surface area (Å²) in [6.07, 6.45) is 0.604. The van der Waals surface area contributed by atoms with Crippen LogP contribution in [0.25, 0.3) is 0 Å². The van der Waals surface area contributed by atoms with E-state index < -0.39 is 12.0 Å². The molecular formula is C11H20F2O. The molecule has 0 aromatic heterocycles. The lowest BCUT2D eigenvalue weighted by atomic mass is 9.83. The Balaban J connectivity index is 2.68. The summed E-state index contributed by atoms with van der Waals surface area (Å²) in [4.78, 5) is 0. The SMILES string of the molecule is CC(C)C1CCCCC(O)(C(F)F)C1. The van der Waals surface area contributed by atoms with E-state index in [1.165, 1.54) is 0 Å². The van der Waals surface area contributed by atoms with Crippen molar-refractivity contribution in [2.45, 2.75) is 58.0 Å². The van der Waals surface area contributed by atoms with E-state index in [-0.39, 0.29) is 18.8 Å². The third-order valence-corrected chi connectivity index (χ3v) is 3.40. The second-order valence-electron chi connectivity index (χ2n) is 4.86. The highest BCUT2D eigenvalue weighted by molar-refractivity contribution is 4.87. The van der Waals surface area contributed by atoms with Gasteiger partial charge in [-0.3, -0.25) is 0 Å². The molecule has 1 saturated carbocycles. The van der Waals surface area contributed by atoms with E-state index in [1.54, 1.807) is 0 Å². The van der Waals surface area contributed by atoms with Crippen molar-refractivity contribution in [2.75, 3.05) is 0 Å². The lowest BCUT2D eigenvalue weighted by Gasteiger charge is -2.30. The fourth-order valence-electron chi connectivity index (χ4n) is 2.26. The Labute approximate surface area is 84.5 Å². The number of aliphatic hydroxyl groups is 1. The minimum atomic E-state index is -2.60. The Morgan fingerprint density at radius 1 is 1.29 bits per heavy atom. The van der Waals surface area contributed by atoms with Crippen LogP contribution in [0.4, 0.5) is 8.78 Å². The maximum absolute atomic E-state index is 12.7. The van der Waals surface area contributed by atoms with Crippen molar-refractivity contribution in [3.05, 3.63) is 0 Å². The van der Waals surface area contributed by atoms with Gasteiger partial charge in [-0.25, -0.2) is 8.78 Å². The van der Waals surface area contributed by atoms with E-state index in [9.17, 15) is 13.9 Å². The van der Waals surface area contributed by atoms with E-state index in [0.717, 1.165) is 19.3 Å². The Hall–Kier alpha value is -0.180. The number of hydrogen-bond acceptors (Lipinski definition) is 1. The predicted octanol–water partition coefficient (Wildman–Crippen LogP) is 3.22. The van der Waals surface area contributed by atoms with Crippen LogP contribution >= 0.6 is 0 Å². The summed E-state index contributed by atoms with van der Waals surface area (Å²) >= 11 is 0. The van der Waals surface area contributed by atoms with E-state index >= 15 is 0 Å². The van der Waals surface area contributed by atoms with Gasteiger partial charge in [0, 0.05) is 0 Å². The molecule has 0 saturated heterocycles. The zero-order valence-electron chi connectivity index (χ0n) is 8.97. The molecule has 1 rings (SSSR count). The van der Waals surface area contributed by atoms with Gasteiger partial charge >= 0.3 is 0 Å². The molecule has 0 amide bonds. The molecule has 1 aliphatic carbocycles. The third kappa shape index (κ3) is 2.66. The van der Waals surface area contributed by atoms with Gasteiger partial charge in [-0.1, -0.05) is 33.1 Å². The largest absolute Gasteiger partial charge is 0.384 e. The van der Waals surface area contributed by atoms with Crippen LogP contribution in [-0.4, -0.2) is 17.1 Å². The minimum absolute atomic E-state index is 0.247. The summed E-state index contributed by atoms with van der Waals surface area (Å²) in [5.41, 5.74) is -1.72. The second-order valence-corrected chi connectivity index (χ2v) is 4.86. The van der Waals surface area contributed by atoms with Gasteiger partial charge in [0.1, 0.15) is 5.60 Å². The van der Waals surface area contributed by atoms with E-state index in [1.807, 2.05) is 13.8 Å². The highest BCUT2D eigenvalue weighted by Crippen LogP contribution is 2.38. The van der Waals surface area contributed by atoms with E-state index in [0.29, 0.717) is 5.92 Å². The van der Waals surface area contributed by atoms with Crippen molar-refractivity contribution in [1.82, 2.24) is 0 Å². The van der Waals surface area contributed by atoms with Gasteiger partial charge in [-0.05, 0) is 24.7 Å². The maximum Gasteiger partial charge on any atom is 0.266 e. The first-order chi connectivity index (χ1) is 6.46. The van der Waals surface area contributed by atoms with Crippen molar-refractivity contribution in [3.8, 4) is 0 Å². The molecule has 3 heteroatoms. The molecule has 1 N–H and O–H groups in total. The van der Waals surface area contributed by atoms with Crippen LogP contribution in [0.2, 0.25) is 0 Å². The Morgan fingerprint density at radius 3 is 2.43 bits per heavy atom. The molecule has 0 heterocycles. The smallest absolute Gasteiger partial charge is 0.266 e. The lowest BCUT2D eigenvalue weighted by molar-refractivity contribution is -0.113. The maximum atomic E-state index is 12.7. The molecule has 1 fully saturated rings. The first kappa shape index (κ1) is 11.9. The fraction of sp³-hybridized carbons (Fsp3) is 1.00. The number of rotatable bonds is 2. The molecular weight excluding hydrogens is 186 g/mol. The predicted molar refractivity (Wildman–Crippen MR) is 52.4 cm³/mol. The standard InChI is InChI=1S/C11H20F2O/c1-8(2)9-5-3-4-6-11(14,7-9)10(12)13/h8-10,14H,3-7H2,1-2H3. The average Bonchev–Trinajstić information content (AvgIpc) is 2.28. The average molecular weight is 206 g/mol. The van der Waals surface area contributed by atoms with Crippen LogP contribution in [0.15, 0.2) is 0 Å². The lowest BCUT2D eigenvalue weighted by Crippen LogP contribution is -2.39. The molecule has 84 valence electrons. The summed E-state index contributed by atoms with van der Waals surface area (Å²) in [5.74, 6) is 0.634. The normalized spacial score (nSPS) is 34.9. The van der Waals surface area contributed by atoms with Crippen LogP contribution in [0, 0.1) is 11.8 Å². The highest BCUT2D eigenvalue weighted by Gasteiger charge is 2.41. The Kier molecular flexibility index (Phi) is 3.87. The van der Waals surface area contributed by atoms with Gasteiger partial charge in [0.15, 0.2) is 0 Å². The van der Waals surface area contributed by atoms with Gasteiger partial charge < -0.3 is 5.11 Å². The summed E-state index contributed by atoms with van der Waals surface area (Å²) in [7, 11) is 0. The first-order valence-electron chi connectivity index (χ1n) is 5.46. The van der Waals surface area contributed by atoms with Crippen LogP contribution in [-0.2, 0) is 0 Å². The van der Waals surface area contributed by atoms with E-state index in [4.69, 9.17) is 0 Å². The molecule has 1 nitrogen and oxygen atoms in total. The zero-order chi connectivity index (χ0) is 10.8. The molecule has 0 spiro atoms. The summed E-state index contributed by atoms with van der Waals surface area (Å²) in [6, 6.07) is 0. The fourth-order valence-corrected chi connectivity index (χ4v) is 2.26. The topological polar surface area (TPSA) is 20.2 Å². The molecule has 1 aliphatic rings. The van der Waals surface area contributed by atoms with Crippen molar-refractivity contribution in [3.63, 3.8) is 0 Å². The van der Waals surface area contributed by atoms with Gasteiger partial charge in [-0.15, -0.1) is 0 Å². The quantitative estimate of drug-likeness (QED) is 0.688. The van der Waals surface area contributed by atoms with Crippen LogP contribution in [0.3, 0.4) is 0 Å². The van der Waals surface area contributed by atoms with Gasteiger partial charge in [-0.2, -0.15) is 0 Å². The minimum Gasteiger partial charge on any atom is -0.384 e. The number of hydrogen-bond donors (Lipinski definition) is 1. The first-order valence-corrected chi connectivity index (χ1v) is 5.46. The van der Waals surface area contributed by atoms with Crippen molar-refractivity contribution in [2.24, 2.45) is 11.8 Å². The summed E-state index contributed by atoms with van der Waals surface area (Å²) < 4.78 is 25.3. The van der Waals surface area contributed by atoms with Crippen LogP contribution < -0.4 is 0 Å². The van der Waals surface area contributed by atoms with Gasteiger partial charge in [0.2, 0.25) is 0 Å². The monoisotopic (exact) mass is 206 g/mol. The van der Waals surface area contributed by atoms with E-state index in [2.05, 4.69) is 0 Å². The van der Waals surface area contributed by atoms with Crippen LogP contribution in [0.5, 0.6) is 0 Å². The molecule has 0 aliphatic heterocycles. The molecule has 0 aromatic carbocycles. The van der Waals surface area contributed by atoms with Gasteiger partial charge in [0.05, 0.1) is 0 Å². The molecule has 2 unspecified atom stereocenters. The molecule has 0 radical (unpaired) electrons. The number of alkyl halides is 2. The Morgan fingerprint density at radius 2 is 1.93 bits per heavy atom. The molecule has 2 atom stereocenters.